The maximum atomic E-state index is 12.4. The maximum absolute atomic E-state index is 12.4. The Hall–Kier alpha value is -3.68. The first-order valence-electron chi connectivity index (χ1n) is 17.6. The lowest BCUT2D eigenvalue weighted by atomic mass is 9.62. The molecule has 0 saturated heterocycles. The number of ether oxygens (including phenoxy) is 6. The van der Waals surface area contributed by atoms with Crippen LogP contribution < -0.4 is 16.0 Å². The molecule has 0 aromatic carbocycles. The van der Waals surface area contributed by atoms with Crippen LogP contribution in [0.25, 0.3) is 0 Å². The SMILES string of the molecule is C=C(C)C(=O)OCCOC(=O)NC1CC(C)(C)CC(C)(CNC(=O)OCCOCCOCCOC(=O)NCC2(C)CC(N=C=O)CC(C)(C)C2)C1. The molecule has 4 atom stereocenters. The first-order valence-corrected chi connectivity index (χ1v) is 17.6. The van der Waals surface area contributed by atoms with E-state index in [2.05, 4.69) is 69.1 Å². The van der Waals surface area contributed by atoms with Gasteiger partial charge in [-0.2, -0.15) is 0 Å². The van der Waals surface area contributed by atoms with E-state index in [4.69, 9.17) is 28.4 Å². The second kappa shape index (κ2) is 20.4. The van der Waals surface area contributed by atoms with Crippen LogP contribution in [0.3, 0.4) is 0 Å². The van der Waals surface area contributed by atoms with Gasteiger partial charge in [0.05, 0.1) is 32.5 Å². The van der Waals surface area contributed by atoms with Crippen molar-refractivity contribution in [3.63, 3.8) is 0 Å². The van der Waals surface area contributed by atoms with Gasteiger partial charge in [-0.05, 0) is 67.1 Å². The highest BCUT2D eigenvalue weighted by Gasteiger charge is 2.43. The van der Waals surface area contributed by atoms with Gasteiger partial charge < -0.3 is 44.4 Å². The molecule has 0 radical (unpaired) electrons. The minimum Gasteiger partial charge on any atom is -0.459 e. The highest BCUT2D eigenvalue weighted by atomic mass is 16.6. The van der Waals surface area contributed by atoms with Gasteiger partial charge in [-0.3, -0.25) is 0 Å². The fourth-order valence-corrected chi connectivity index (χ4v) is 7.73. The zero-order valence-electron chi connectivity index (χ0n) is 31.6. The molecule has 2 saturated carbocycles. The highest BCUT2D eigenvalue weighted by Crippen LogP contribution is 2.47. The van der Waals surface area contributed by atoms with Crippen LogP contribution in [0.15, 0.2) is 17.1 Å². The molecule has 3 amide bonds. The van der Waals surface area contributed by atoms with Crippen molar-refractivity contribution in [1.82, 2.24) is 16.0 Å². The Bertz CT molecular complexity index is 1240. The van der Waals surface area contributed by atoms with Crippen LogP contribution >= 0.6 is 0 Å². The predicted octanol–water partition coefficient (Wildman–Crippen LogP) is 4.82. The molecule has 2 rings (SSSR count). The number of carbonyl (C=O) groups is 4. The van der Waals surface area contributed by atoms with Gasteiger partial charge in [0.15, 0.2) is 0 Å². The highest BCUT2D eigenvalue weighted by molar-refractivity contribution is 5.86. The fraction of sp³-hybridized carbons (Fsp3) is 0.806. The summed E-state index contributed by atoms with van der Waals surface area (Å²) < 4.78 is 31.5. The molecule has 0 heterocycles. The molecule has 15 nitrogen and oxygen atoms in total. The van der Waals surface area contributed by atoms with Crippen LogP contribution in [0.4, 0.5) is 14.4 Å². The van der Waals surface area contributed by atoms with E-state index in [1.807, 2.05) is 0 Å². The fourth-order valence-electron chi connectivity index (χ4n) is 7.73. The average Bonchev–Trinajstić information content (AvgIpc) is 3.00. The standard InChI is InChI=1S/C36H60N4O11/c1-26(2)29(42)48-15-16-51-32(45)40-28-18-34(5,6)22-36(8,20-28)24-38-31(44)50-14-12-47-10-9-46-11-13-49-30(43)37-23-35(7)19-27(39-25-41)17-33(3,4)21-35/h27-28H,1,9-24H2,2-8H3,(H,37,43)(H,38,44)(H,40,45). The van der Waals surface area contributed by atoms with Crippen LogP contribution in [-0.4, -0.2) is 108 Å². The monoisotopic (exact) mass is 724 g/mol. The van der Waals surface area contributed by atoms with Crippen LogP contribution in [0.5, 0.6) is 0 Å². The van der Waals surface area contributed by atoms with Crippen molar-refractivity contribution in [2.45, 2.75) is 99.1 Å². The smallest absolute Gasteiger partial charge is 0.407 e. The van der Waals surface area contributed by atoms with Gasteiger partial charge in [-0.15, -0.1) is 0 Å². The number of nitrogens with zero attached hydrogens (tertiary/aromatic N) is 1. The first-order chi connectivity index (χ1) is 23.8. The molecule has 15 heteroatoms. The predicted molar refractivity (Wildman–Crippen MR) is 188 cm³/mol. The Balaban J connectivity index is 1.54. The van der Waals surface area contributed by atoms with E-state index < -0.39 is 24.2 Å². The summed E-state index contributed by atoms with van der Waals surface area (Å²) in [6, 6.07) is -0.264. The van der Waals surface area contributed by atoms with Crippen molar-refractivity contribution in [1.29, 1.82) is 0 Å². The van der Waals surface area contributed by atoms with Gasteiger partial charge in [-0.25, -0.2) is 29.0 Å². The van der Waals surface area contributed by atoms with Crippen LogP contribution in [0.2, 0.25) is 0 Å². The number of hydrogen-bond acceptors (Lipinski definition) is 12. The minimum atomic E-state index is -0.590. The normalized spacial score (nSPS) is 24.9. The summed E-state index contributed by atoms with van der Waals surface area (Å²) in [6.07, 6.45) is 4.61. The lowest BCUT2D eigenvalue weighted by Gasteiger charge is -2.46. The number of rotatable bonds is 19. The number of aliphatic imine (C=N–C) groups is 1. The van der Waals surface area contributed by atoms with Crippen LogP contribution in [0, 0.1) is 21.7 Å². The molecule has 290 valence electrons. The van der Waals surface area contributed by atoms with Crippen LogP contribution in [0.1, 0.15) is 87.0 Å². The third-order valence-corrected chi connectivity index (χ3v) is 8.93. The largest absolute Gasteiger partial charge is 0.459 e. The van der Waals surface area contributed by atoms with Crippen molar-refractivity contribution in [2.24, 2.45) is 26.7 Å². The second-order valence-electron chi connectivity index (χ2n) is 16.1. The molecular formula is C36H60N4O11. The molecule has 2 aliphatic rings. The molecule has 3 N–H and O–H groups in total. The van der Waals surface area contributed by atoms with Gasteiger partial charge in [0.25, 0.3) is 0 Å². The van der Waals surface area contributed by atoms with Gasteiger partial charge in [0, 0.05) is 24.7 Å². The molecule has 51 heavy (non-hydrogen) atoms. The van der Waals surface area contributed by atoms with Crippen molar-refractivity contribution in [3.05, 3.63) is 12.2 Å². The minimum absolute atomic E-state index is 0.00142. The number of carbonyl (C=O) groups excluding carboxylic acids is 5. The quantitative estimate of drug-likeness (QED) is 0.0414. The number of hydrogen-bond donors (Lipinski definition) is 3. The number of amides is 3. The summed E-state index contributed by atoms with van der Waals surface area (Å²) in [5.74, 6) is -0.538. The van der Waals surface area contributed by atoms with Gasteiger partial charge in [0.1, 0.15) is 26.4 Å². The number of nitrogens with one attached hydrogen (secondary N) is 3. The molecule has 0 bridgehead atoms. The first kappa shape index (κ1) is 43.5. The second-order valence-corrected chi connectivity index (χ2v) is 16.1. The van der Waals surface area contributed by atoms with E-state index in [9.17, 15) is 24.0 Å². The molecule has 4 unspecified atom stereocenters. The third kappa shape index (κ3) is 17.9. The third-order valence-electron chi connectivity index (χ3n) is 8.93. The van der Waals surface area contributed by atoms with Crippen molar-refractivity contribution in [3.8, 4) is 0 Å². The number of alkyl carbamates (subject to hydrolysis) is 3. The lowest BCUT2D eigenvalue weighted by Crippen LogP contribution is -2.50. The van der Waals surface area contributed by atoms with E-state index in [0.29, 0.717) is 25.9 Å². The molecule has 0 aliphatic heterocycles. The summed E-state index contributed by atoms with van der Waals surface area (Å²) in [5.41, 5.74) is -0.320. The maximum Gasteiger partial charge on any atom is 0.407 e. The number of esters is 1. The van der Waals surface area contributed by atoms with Crippen LogP contribution in [-0.2, 0) is 38.0 Å². The van der Waals surface area contributed by atoms with Gasteiger partial charge in [-0.1, -0.05) is 48.1 Å². The molecule has 0 aromatic heterocycles. The Kier molecular flexibility index (Phi) is 17.4. The van der Waals surface area contributed by atoms with Crippen molar-refractivity contribution >= 4 is 30.3 Å². The van der Waals surface area contributed by atoms with E-state index >= 15 is 0 Å². The van der Waals surface area contributed by atoms with E-state index in [1.165, 1.54) is 6.92 Å². The van der Waals surface area contributed by atoms with Gasteiger partial charge >= 0.3 is 24.2 Å². The average molecular weight is 725 g/mol. The van der Waals surface area contributed by atoms with Crippen molar-refractivity contribution in [2.75, 3.05) is 65.9 Å². The zero-order valence-corrected chi connectivity index (χ0v) is 31.6. The molecular weight excluding hydrogens is 664 g/mol. The topological polar surface area (TPSA) is 189 Å². The summed E-state index contributed by atoms with van der Waals surface area (Å²) in [7, 11) is 0. The zero-order chi connectivity index (χ0) is 38.1. The van der Waals surface area contributed by atoms with E-state index in [1.54, 1.807) is 6.08 Å². The Morgan fingerprint density at radius 1 is 0.667 bits per heavy atom. The lowest BCUT2D eigenvalue weighted by molar-refractivity contribution is -0.139. The molecule has 0 aromatic rings. The summed E-state index contributed by atoms with van der Waals surface area (Å²) in [4.78, 5) is 63.0. The summed E-state index contributed by atoms with van der Waals surface area (Å²) in [6.45, 7) is 19.5. The molecule has 0 spiro atoms. The van der Waals surface area contributed by atoms with E-state index in [0.717, 1.165) is 25.7 Å². The van der Waals surface area contributed by atoms with E-state index in [-0.39, 0.29) is 92.2 Å². The Labute approximate surface area is 302 Å². The number of isocyanates is 1. The Morgan fingerprint density at radius 2 is 1.12 bits per heavy atom. The molecule has 2 fully saturated rings. The molecule has 2 aliphatic carbocycles. The summed E-state index contributed by atoms with van der Waals surface area (Å²) in [5, 5.41) is 8.56. The van der Waals surface area contributed by atoms with Gasteiger partial charge in [0.2, 0.25) is 6.08 Å². The van der Waals surface area contributed by atoms with Crippen molar-refractivity contribution < 1.29 is 52.4 Å². The summed E-state index contributed by atoms with van der Waals surface area (Å²) >= 11 is 0. The Morgan fingerprint density at radius 3 is 1.65 bits per heavy atom.